The molecule has 0 aliphatic rings. The van der Waals surface area contributed by atoms with Gasteiger partial charge >= 0.3 is 0 Å². The SMILES string of the molecule is CCc1cnc(CCNC(=NC)NCC(C)(C)NC(C)c2ccccc2)s1.I. The minimum atomic E-state index is -0.0712. The van der Waals surface area contributed by atoms with Crippen LogP contribution in [0.2, 0.25) is 0 Å². The highest BCUT2D eigenvalue weighted by atomic mass is 127. The highest BCUT2D eigenvalue weighted by Gasteiger charge is 2.21. The third-order valence-corrected chi connectivity index (χ3v) is 5.61. The number of nitrogens with one attached hydrogen (secondary N) is 3. The maximum absolute atomic E-state index is 4.46. The first-order chi connectivity index (χ1) is 12.9. The topological polar surface area (TPSA) is 61.3 Å². The first-order valence-corrected chi connectivity index (χ1v) is 10.5. The molecule has 1 aromatic heterocycles. The third kappa shape index (κ3) is 8.45. The van der Waals surface area contributed by atoms with Crippen molar-refractivity contribution in [3.63, 3.8) is 0 Å². The summed E-state index contributed by atoms with van der Waals surface area (Å²) in [5.74, 6) is 0.824. The van der Waals surface area contributed by atoms with Crippen LogP contribution in [0.4, 0.5) is 0 Å². The molecule has 1 aromatic carbocycles. The molecule has 0 saturated carbocycles. The van der Waals surface area contributed by atoms with E-state index in [-0.39, 0.29) is 35.6 Å². The molecule has 5 nitrogen and oxygen atoms in total. The van der Waals surface area contributed by atoms with Gasteiger partial charge in [0, 0.05) is 49.2 Å². The Balaban J connectivity index is 0.00000392. The van der Waals surface area contributed by atoms with Gasteiger partial charge in [-0.2, -0.15) is 0 Å². The largest absolute Gasteiger partial charge is 0.356 e. The Morgan fingerprint density at radius 2 is 1.93 bits per heavy atom. The molecule has 28 heavy (non-hydrogen) atoms. The van der Waals surface area contributed by atoms with Gasteiger partial charge in [0.1, 0.15) is 0 Å². The van der Waals surface area contributed by atoms with E-state index in [1.807, 2.05) is 12.3 Å². The fraction of sp³-hybridized carbons (Fsp3) is 0.524. The lowest BCUT2D eigenvalue weighted by Crippen LogP contribution is -2.52. The van der Waals surface area contributed by atoms with Crippen LogP contribution in [0.15, 0.2) is 41.5 Å². The summed E-state index contributed by atoms with van der Waals surface area (Å²) >= 11 is 1.79. The summed E-state index contributed by atoms with van der Waals surface area (Å²) in [5, 5.41) is 11.7. The normalized spacial score (nSPS) is 13.0. The van der Waals surface area contributed by atoms with Crippen molar-refractivity contribution < 1.29 is 0 Å². The predicted octanol–water partition coefficient (Wildman–Crippen LogP) is 4.16. The van der Waals surface area contributed by atoms with E-state index in [0.717, 1.165) is 31.9 Å². The molecule has 0 fully saturated rings. The minimum absolute atomic E-state index is 0. The van der Waals surface area contributed by atoms with Gasteiger partial charge in [-0.3, -0.25) is 4.99 Å². The molecule has 1 atom stereocenters. The summed E-state index contributed by atoms with van der Waals surface area (Å²) in [6.45, 7) is 10.4. The number of aliphatic imine (C=N–C) groups is 1. The first-order valence-electron chi connectivity index (χ1n) is 9.64. The third-order valence-electron chi connectivity index (χ3n) is 4.41. The van der Waals surface area contributed by atoms with Crippen molar-refractivity contribution in [3.05, 3.63) is 52.0 Å². The van der Waals surface area contributed by atoms with Gasteiger partial charge in [-0.1, -0.05) is 37.3 Å². The second-order valence-corrected chi connectivity index (χ2v) is 8.54. The monoisotopic (exact) mass is 515 g/mol. The summed E-state index contributed by atoms with van der Waals surface area (Å²) in [6.07, 6.45) is 3.95. The van der Waals surface area contributed by atoms with Crippen LogP contribution < -0.4 is 16.0 Å². The Labute approximate surface area is 190 Å². The second-order valence-electron chi connectivity index (χ2n) is 7.34. The van der Waals surface area contributed by atoms with Gasteiger partial charge < -0.3 is 16.0 Å². The van der Waals surface area contributed by atoms with Crippen LogP contribution in [0.1, 0.15) is 49.2 Å². The molecule has 2 aromatic rings. The molecule has 0 bridgehead atoms. The fourth-order valence-electron chi connectivity index (χ4n) is 2.90. The summed E-state index contributed by atoms with van der Waals surface area (Å²) in [5.41, 5.74) is 1.22. The van der Waals surface area contributed by atoms with Gasteiger partial charge in [-0.05, 0) is 32.8 Å². The summed E-state index contributed by atoms with van der Waals surface area (Å²) in [7, 11) is 1.81. The van der Waals surface area contributed by atoms with Crippen LogP contribution in [0.5, 0.6) is 0 Å². The summed E-state index contributed by atoms with van der Waals surface area (Å²) < 4.78 is 0. The van der Waals surface area contributed by atoms with E-state index >= 15 is 0 Å². The second kappa shape index (κ2) is 12.4. The van der Waals surface area contributed by atoms with Crippen LogP contribution in [0.25, 0.3) is 0 Å². The Morgan fingerprint density at radius 1 is 1.21 bits per heavy atom. The molecule has 2 rings (SSSR count). The Hall–Kier alpha value is -1.19. The average Bonchev–Trinajstić information content (AvgIpc) is 3.13. The van der Waals surface area contributed by atoms with Gasteiger partial charge in [0.25, 0.3) is 0 Å². The Morgan fingerprint density at radius 3 is 2.54 bits per heavy atom. The molecule has 3 N–H and O–H groups in total. The number of hydrogen-bond acceptors (Lipinski definition) is 4. The van der Waals surface area contributed by atoms with Gasteiger partial charge in [0.2, 0.25) is 0 Å². The number of thiazole rings is 1. The van der Waals surface area contributed by atoms with E-state index in [1.54, 1.807) is 18.4 Å². The van der Waals surface area contributed by atoms with Crippen molar-refractivity contribution in [1.82, 2.24) is 20.9 Å². The maximum atomic E-state index is 4.46. The van der Waals surface area contributed by atoms with Crippen molar-refractivity contribution in [2.45, 2.75) is 52.1 Å². The van der Waals surface area contributed by atoms with Crippen LogP contribution >= 0.6 is 35.3 Å². The van der Waals surface area contributed by atoms with Crippen molar-refractivity contribution in [3.8, 4) is 0 Å². The maximum Gasteiger partial charge on any atom is 0.191 e. The lowest BCUT2D eigenvalue weighted by molar-refractivity contribution is 0.345. The number of guanidine groups is 1. The molecule has 7 heteroatoms. The zero-order chi connectivity index (χ0) is 19.7. The Bertz CT molecular complexity index is 715. The highest BCUT2D eigenvalue weighted by Crippen LogP contribution is 2.16. The highest BCUT2D eigenvalue weighted by molar-refractivity contribution is 14.0. The molecule has 0 spiro atoms. The standard InChI is InChI=1S/C21H33N5S.HI/c1-6-18-14-24-19(27-18)12-13-23-20(22-5)25-15-21(3,4)26-16(2)17-10-8-7-9-11-17;/h7-11,14,16,26H,6,12-13,15H2,1-5H3,(H2,22,23,25);1H. The van der Waals surface area contributed by atoms with Crippen LogP contribution in [0, 0.1) is 0 Å². The number of aryl methyl sites for hydroxylation is 1. The van der Waals surface area contributed by atoms with Gasteiger partial charge in [0.15, 0.2) is 5.96 Å². The smallest absolute Gasteiger partial charge is 0.191 e. The lowest BCUT2D eigenvalue weighted by Gasteiger charge is -2.31. The number of benzene rings is 1. The van der Waals surface area contributed by atoms with Crippen molar-refractivity contribution in [2.75, 3.05) is 20.1 Å². The lowest BCUT2D eigenvalue weighted by atomic mass is 10.0. The van der Waals surface area contributed by atoms with E-state index < -0.39 is 0 Å². The molecule has 0 aliphatic heterocycles. The number of halogens is 1. The number of rotatable bonds is 9. The Kier molecular flexibility index (Phi) is 11.0. The van der Waals surface area contributed by atoms with E-state index in [9.17, 15) is 0 Å². The number of nitrogens with zero attached hydrogens (tertiary/aromatic N) is 2. The summed E-state index contributed by atoms with van der Waals surface area (Å²) in [6, 6.07) is 10.8. The molecule has 0 radical (unpaired) electrons. The average molecular weight is 516 g/mol. The quantitative estimate of drug-likeness (QED) is 0.267. The molecular formula is C21H34IN5S. The molecular weight excluding hydrogens is 481 g/mol. The first kappa shape index (κ1) is 24.8. The van der Waals surface area contributed by atoms with Crippen molar-refractivity contribution >= 4 is 41.3 Å². The van der Waals surface area contributed by atoms with Crippen LogP contribution in [-0.4, -0.2) is 36.6 Å². The molecule has 0 aliphatic carbocycles. The van der Waals surface area contributed by atoms with E-state index in [4.69, 9.17) is 0 Å². The van der Waals surface area contributed by atoms with Crippen molar-refractivity contribution in [1.29, 1.82) is 0 Å². The van der Waals surface area contributed by atoms with Crippen LogP contribution in [0.3, 0.4) is 0 Å². The zero-order valence-electron chi connectivity index (χ0n) is 17.6. The van der Waals surface area contributed by atoms with E-state index in [0.29, 0.717) is 0 Å². The molecule has 1 unspecified atom stereocenters. The van der Waals surface area contributed by atoms with E-state index in [1.165, 1.54) is 15.4 Å². The van der Waals surface area contributed by atoms with Gasteiger partial charge in [-0.25, -0.2) is 4.98 Å². The summed E-state index contributed by atoms with van der Waals surface area (Å²) in [4.78, 5) is 10.1. The predicted molar refractivity (Wildman–Crippen MR) is 132 cm³/mol. The molecule has 1 heterocycles. The number of aromatic nitrogens is 1. The van der Waals surface area contributed by atoms with Gasteiger partial charge in [-0.15, -0.1) is 35.3 Å². The van der Waals surface area contributed by atoms with E-state index in [2.05, 4.69) is 77.9 Å². The molecule has 0 saturated heterocycles. The van der Waals surface area contributed by atoms with Gasteiger partial charge in [0.05, 0.1) is 5.01 Å². The van der Waals surface area contributed by atoms with Crippen molar-refractivity contribution in [2.24, 2.45) is 4.99 Å². The minimum Gasteiger partial charge on any atom is -0.356 e. The number of hydrogen-bond donors (Lipinski definition) is 3. The van der Waals surface area contributed by atoms with Crippen LogP contribution in [-0.2, 0) is 12.8 Å². The molecule has 0 amide bonds. The zero-order valence-corrected chi connectivity index (χ0v) is 20.7. The molecule has 156 valence electrons. The fourth-order valence-corrected chi connectivity index (χ4v) is 3.76.